The van der Waals surface area contributed by atoms with Crippen LogP contribution in [0.5, 0.6) is 0 Å². The van der Waals surface area contributed by atoms with Crippen LogP contribution in [0.2, 0.25) is 0 Å². The second-order valence-electron chi connectivity index (χ2n) is 4.26. The van der Waals surface area contributed by atoms with Crippen molar-refractivity contribution in [3.63, 3.8) is 0 Å². The Hall–Kier alpha value is 0.270. The van der Waals surface area contributed by atoms with Gasteiger partial charge in [0.1, 0.15) is 5.78 Å². The van der Waals surface area contributed by atoms with E-state index in [9.17, 15) is 4.79 Å². The zero-order valence-electron chi connectivity index (χ0n) is 10.2. The number of thioether (sulfide) groups is 1. The molecule has 2 nitrogen and oxygen atoms in total. The smallest absolute Gasteiger partial charge is 0.145 e. The van der Waals surface area contributed by atoms with Crippen LogP contribution >= 0.6 is 24.2 Å². The molecule has 1 heterocycles. The highest BCUT2D eigenvalue weighted by Crippen LogP contribution is 2.20. The molecule has 0 aliphatic carbocycles. The predicted octanol–water partition coefficient (Wildman–Crippen LogP) is 3.39. The number of nitrogens with one attached hydrogen (secondary N) is 1. The number of rotatable bonds is 8. The molecule has 1 aliphatic rings. The summed E-state index contributed by atoms with van der Waals surface area (Å²) < 4.78 is 0. The SMILES string of the molecule is CCCCCCCCNC1CC(=O)CS1.Cl. The van der Waals surface area contributed by atoms with Gasteiger partial charge >= 0.3 is 0 Å². The van der Waals surface area contributed by atoms with Crippen molar-refractivity contribution in [1.82, 2.24) is 5.32 Å². The summed E-state index contributed by atoms with van der Waals surface area (Å²) >= 11 is 1.76. The summed E-state index contributed by atoms with van der Waals surface area (Å²) in [5.41, 5.74) is 0. The predicted molar refractivity (Wildman–Crippen MR) is 74.5 cm³/mol. The Labute approximate surface area is 110 Å². The van der Waals surface area contributed by atoms with Crippen molar-refractivity contribution in [3.8, 4) is 0 Å². The molecule has 0 radical (unpaired) electrons. The van der Waals surface area contributed by atoms with Crippen molar-refractivity contribution in [1.29, 1.82) is 0 Å². The lowest BCUT2D eigenvalue weighted by Gasteiger charge is -2.09. The molecule has 0 aromatic carbocycles. The quantitative estimate of drug-likeness (QED) is 0.682. The molecular weight excluding hydrogens is 242 g/mol. The maximum Gasteiger partial charge on any atom is 0.145 e. The van der Waals surface area contributed by atoms with Crippen LogP contribution in [0.3, 0.4) is 0 Å². The molecule has 16 heavy (non-hydrogen) atoms. The van der Waals surface area contributed by atoms with Crippen molar-refractivity contribution < 1.29 is 4.79 Å². The van der Waals surface area contributed by atoms with Crippen LogP contribution in [0.4, 0.5) is 0 Å². The van der Waals surface area contributed by atoms with Crippen LogP contribution in [0.15, 0.2) is 0 Å². The molecule has 1 aliphatic heterocycles. The fourth-order valence-electron chi connectivity index (χ4n) is 1.82. The zero-order valence-corrected chi connectivity index (χ0v) is 11.8. The van der Waals surface area contributed by atoms with Crippen molar-refractivity contribution in [2.75, 3.05) is 12.3 Å². The number of Topliss-reactive ketones (excluding diaryl/α,β-unsaturated/α-hetero) is 1. The largest absolute Gasteiger partial charge is 0.305 e. The first-order valence-corrected chi connectivity index (χ1v) is 7.24. The van der Waals surface area contributed by atoms with E-state index < -0.39 is 0 Å². The molecular formula is C12H24ClNOS. The van der Waals surface area contributed by atoms with Crippen LogP contribution < -0.4 is 5.32 Å². The van der Waals surface area contributed by atoms with E-state index in [1.54, 1.807) is 11.8 Å². The fourth-order valence-corrected chi connectivity index (χ4v) is 2.86. The Morgan fingerprint density at radius 1 is 1.25 bits per heavy atom. The van der Waals surface area contributed by atoms with Gasteiger partial charge in [-0.15, -0.1) is 24.2 Å². The minimum absolute atomic E-state index is 0. The van der Waals surface area contributed by atoms with E-state index in [0.29, 0.717) is 16.9 Å². The highest BCUT2D eigenvalue weighted by Gasteiger charge is 2.21. The van der Waals surface area contributed by atoms with Gasteiger partial charge < -0.3 is 5.32 Å². The van der Waals surface area contributed by atoms with E-state index in [2.05, 4.69) is 12.2 Å². The van der Waals surface area contributed by atoms with E-state index in [4.69, 9.17) is 0 Å². The molecule has 1 atom stereocenters. The van der Waals surface area contributed by atoms with Gasteiger partial charge in [-0.25, -0.2) is 0 Å². The van der Waals surface area contributed by atoms with Gasteiger partial charge in [-0.05, 0) is 13.0 Å². The summed E-state index contributed by atoms with van der Waals surface area (Å²) in [6.45, 7) is 3.33. The van der Waals surface area contributed by atoms with E-state index in [1.165, 1.54) is 38.5 Å². The fraction of sp³-hybridized carbons (Fsp3) is 0.917. The molecule has 1 fully saturated rings. The van der Waals surface area contributed by atoms with Crippen LogP contribution in [-0.4, -0.2) is 23.5 Å². The number of carbonyl (C=O) groups excluding carboxylic acids is 1. The number of unbranched alkanes of at least 4 members (excludes halogenated alkanes) is 5. The average molecular weight is 266 g/mol. The van der Waals surface area contributed by atoms with E-state index in [-0.39, 0.29) is 12.4 Å². The van der Waals surface area contributed by atoms with Gasteiger partial charge in [-0.3, -0.25) is 4.79 Å². The zero-order chi connectivity index (χ0) is 10.9. The molecule has 0 amide bonds. The topological polar surface area (TPSA) is 29.1 Å². The van der Waals surface area contributed by atoms with Crippen molar-refractivity contribution in [2.45, 2.75) is 57.2 Å². The van der Waals surface area contributed by atoms with Gasteiger partial charge in [0.25, 0.3) is 0 Å². The maximum atomic E-state index is 11.0. The second-order valence-corrected chi connectivity index (χ2v) is 5.46. The number of ketones is 1. The summed E-state index contributed by atoms with van der Waals surface area (Å²) in [7, 11) is 0. The maximum absolute atomic E-state index is 11.0. The molecule has 0 aromatic heterocycles. The second kappa shape index (κ2) is 10.4. The van der Waals surface area contributed by atoms with Crippen molar-refractivity contribution >= 4 is 30.0 Å². The minimum atomic E-state index is 0. The first-order chi connectivity index (χ1) is 7.33. The lowest BCUT2D eigenvalue weighted by Crippen LogP contribution is -2.25. The summed E-state index contributed by atoms with van der Waals surface area (Å²) in [6, 6.07) is 0. The summed E-state index contributed by atoms with van der Waals surface area (Å²) in [4.78, 5) is 11.0. The third kappa shape index (κ3) is 7.53. The number of hydrogen-bond donors (Lipinski definition) is 1. The van der Waals surface area contributed by atoms with Crippen molar-refractivity contribution in [3.05, 3.63) is 0 Å². The lowest BCUT2D eigenvalue weighted by molar-refractivity contribution is -0.116. The van der Waals surface area contributed by atoms with Crippen LogP contribution in [0, 0.1) is 0 Å². The third-order valence-electron chi connectivity index (χ3n) is 2.76. The van der Waals surface area contributed by atoms with E-state index >= 15 is 0 Å². The molecule has 96 valence electrons. The summed E-state index contributed by atoms with van der Waals surface area (Å²) in [6.07, 6.45) is 8.77. The molecule has 4 heteroatoms. The number of carbonyl (C=O) groups is 1. The molecule has 0 aromatic rings. The Balaban J connectivity index is 0.00000225. The van der Waals surface area contributed by atoms with Gasteiger partial charge in [0.15, 0.2) is 0 Å². The first-order valence-electron chi connectivity index (χ1n) is 6.19. The molecule has 0 saturated carbocycles. The molecule has 1 unspecified atom stereocenters. The van der Waals surface area contributed by atoms with Crippen LogP contribution in [0.25, 0.3) is 0 Å². The van der Waals surface area contributed by atoms with Crippen LogP contribution in [0.1, 0.15) is 51.9 Å². The monoisotopic (exact) mass is 265 g/mol. The van der Waals surface area contributed by atoms with Gasteiger partial charge in [0.2, 0.25) is 0 Å². The number of hydrogen-bond acceptors (Lipinski definition) is 3. The molecule has 1 saturated heterocycles. The standard InChI is InChI=1S/C12H23NOS.ClH/c1-2-3-4-5-6-7-8-13-12-9-11(14)10-15-12;/h12-13H,2-10H2,1H3;1H. The normalized spacial score (nSPS) is 19.8. The molecule has 1 N–H and O–H groups in total. The summed E-state index contributed by atoms with van der Waals surface area (Å²) in [5, 5.41) is 3.86. The minimum Gasteiger partial charge on any atom is -0.305 e. The van der Waals surface area contributed by atoms with Gasteiger partial charge in [0.05, 0.1) is 11.1 Å². The lowest BCUT2D eigenvalue weighted by atomic mass is 10.1. The summed E-state index contributed by atoms with van der Waals surface area (Å²) in [5.74, 6) is 1.12. The van der Waals surface area contributed by atoms with E-state index in [1.807, 2.05) is 0 Å². The molecule has 0 spiro atoms. The molecule has 0 bridgehead atoms. The van der Waals surface area contributed by atoms with Gasteiger partial charge in [-0.2, -0.15) is 0 Å². The third-order valence-corrected chi connectivity index (χ3v) is 3.99. The first kappa shape index (κ1) is 16.3. The Morgan fingerprint density at radius 3 is 2.56 bits per heavy atom. The van der Waals surface area contributed by atoms with Gasteiger partial charge in [-0.1, -0.05) is 39.0 Å². The molecule has 1 rings (SSSR count). The number of halogens is 1. The van der Waals surface area contributed by atoms with Crippen LogP contribution in [-0.2, 0) is 4.79 Å². The Kier molecular flexibility index (Phi) is 10.6. The highest BCUT2D eigenvalue weighted by molar-refractivity contribution is 8.01. The highest BCUT2D eigenvalue weighted by atomic mass is 35.5. The van der Waals surface area contributed by atoms with Gasteiger partial charge in [0, 0.05) is 6.42 Å². The average Bonchev–Trinajstić information content (AvgIpc) is 2.63. The van der Waals surface area contributed by atoms with Crippen molar-refractivity contribution in [2.24, 2.45) is 0 Å². The Bertz CT molecular complexity index is 190. The van der Waals surface area contributed by atoms with E-state index in [0.717, 1.165) is 13.0 Å². The Morgan fingerprint density at radius 2 is 1.94 bits per heavy atom.